The van der Waals surface area contributed by atoms with Gasteiger partial charge in [-0.1, -0.05) is 48.5 Å². The first-order valence-electron chi connectivity index (χ1n) is 11.2. The second kappa shape index (κ2) is 8.19. The summed E-state index contributed by atoms with van der Waals surface area (Å²) in [7, 11) is 0. The van der Waals surface area contributed by atoms with E-state index in [2.05, 4.69) is 16.2 Å². The van der Waals surface area contributed by atoms with E-state index in [4.69, 9.17) is 4.74 Å². The van der Waals surface area contributed by atoms with E-state index in [0.29, 0.717) is 18.7 Å². The lowest BCUT2D eigenvalue weighted by molar-refractivity contribution is -0.157. The average Bonchev–Trinajstić information content (AvgIpc) is 3.23. The normalized spacial score (nSPS) is 17.8. The number of piperazine rings is 1. The number of aromatic nitrogens is 1. The molecule has 3 aromatic carbocycles. The molecule has 0 aliphatic carbocycles. The van der Waals surface area contributed by atoms with Crippen molar-refractivity contribution < 1.29 is 14.3 Å². The maximum atomic E-state index is 13.3. The van der Waals surface area contributed by atoms with Gasteiger partial charge in [-0.3, -0.25) is 9.59 Å². The van der Waals surface area contributed by atoms with Crippen molar-refractivity contribution in [3.63, 3.8) is 0 Å². The second-order valence-electron chi connectivity index (χ2n) is 8.50. The summed E-state index contributed by atoms with van der Waals surface area (Å²) in [4.78, 5) is 31.3. The van der Waals surface area contributed by atoms with Crippen LogP contribution in [0, 0.1) is 0 Å². The zero-order valence-corrected chi connectivity index (χ0v) is 18.3. The molecule has 0 bridgehead atoms. The molecule has 0 radical (unpaired) electrons. The maximum Gasteiger partial charge on any atom is 0.266 e. The van der Waals surface area contributed by atoms with Gasteiger partial charge in [0.15, 0.2) is 0 Å². The number of aromatic amines is 1. The third kappa shape index (κ3) is 3.61. The molecule has 1 aromatic heterocycles. The van der Waals surface area contributed by atoms with E-state index < -0.39 is 6.04 Å². The van der Waals surface area contributed by atoms with E-state index in [9.17, 15) is 9.59 Å². The van der Waals surface area contributed by atoms with E-state index in [-0.39, 0.29) is 18.4 Å². The molecule has 2 aliphatic heterocycles. The number of amides is 2. The fraction of sp³-hybridized carbons (Fsp3) is 0.148. The van der Waals surface area contributed by atoms with Crippen molar-refractivity contribution in [2.45, 2.75) is 19.0 Å². The van der Waals surface area contributed by atoms with Crippen molar-refractivity contribution in [3.8, 4) is 11.5 Å². The van der Waals surface area contributed by atoms with E-state index in [1.807, 2.05) is 72.8 Å². The number of rotatable bonds is 4. The Hall–Kier alpha value is -4.39. The standard InChI is InChI=1S/C27H22N4O3/c32-26-17-31(28-15-18-7-6-10-20(13-18)34-19-8-2-1-3-9-19)27(33)25-14-22-21-11-4-5-12-23(21)29-24(22)16-30(25)26/h1-13,15,25,29H,14,16-17H2/b28-15-/t25-/m1/s1. The Morgan fingerprint density at radius 2 is 1.71 bits per heavy atom. The molecule has 6 rings (SSSR count). The first-order valence-corrected chi connectivity index (χ1v) is 11.2. The molecule has 2 aliphatic rings. The van der Waals surface area contributed by atoms with Crippen LogP contribution in [0.2, 0.25) is 0 Å². The number of carbonyl (C=O) groups excluding carboxylic acids is 2. The first-order chi connectivity index (χ1) is 16.7. The van der Waals surface area contributed by atoms with Gasteiger partial charge in [-0.2, -0.15) is 5.10 Å². The number of carbonyl (C=O) groups is 2. The summed E-state index contributed by atoms with van der Waals surface area (Å²) in [6.07, 6.45) is 2.08. The lowest BCUT2D eigenvalue weighted by Gasteiger charge is -2.40. The van der Waals surface area contributed by atoms with Crippen molar-refractivity contribution in [3.05, 3.63) is 95.7 Å². The summed E-state index contributed by atoms with van der Waals surface area (Å²) in [6, 6.07) is 24.5. The number of hydrogen-bond acceptors (Lipinski definition) is 4. The molecular weight excluding hydrogens is 428 g/mol. The highest BCUT2D eigenvalue weighted by Crippen LogP contribution is 2.32. The highest BCUT2D eigenvalue weighted by Gasteiger charge is 2.43. The maximum absolute atomic E-state index is 13.3. The molecule has 1 atom stereocenters. The summed E-state index contributed by atoms with van der Waals surface area (Å²) in [5, 5.41) is 6.77. The molecule has 168 valence electrons. The van der Waals surface area contributed by atoms with E-state index >= 15 is 0 Å². The van der Waals surface area contributed by atoms with Gasteiger partial charge in [-0.25, -0.2) is 5.01 Å². The van der Waals surface area contributed by atoms with Crippen molar-refractivity contribution in [1.29, 1.82) is 0 Å². The number of hydrazone groups is 1. The monoisotopic (exact) mass is 450 g/mol. The molecule has 1 saturated heterocycles. The van der Waals surface area contributed by atoms with Gasteiger partial charge in [0.25, 0.3) is 5.91 Å². The Kier molecular flexibility index (Phi) is 4.87. The Morgan fingerprint density at radius 3 is 2.59 bits per heavy atom. The minimum atomic E-state index is -0.544. The predicted octanol–water partition coefficient (Wildman–Crippen LogP) is 4.09. The van der Waals surface area contributed by atoms with Crippen LogP contribution in [0.3, 0.4) is 0 Å². The Morgan fingerprint density at radius 1 is 0.912 bits per heavy atom. The molecule has 0 spiro atoms. The zero-order valence-electron chi connectivity index (χ0n) is 18.3. The van der Waals surface area contributed by atoms with Crippen molar-refractivity contribution in [1.82, 2.24) is 14.9 Å². The predicted molar refractivity (Wildman–Crippen MR) is 129 cm³/mol. The average molecular weight is 450 g/mol. The third-order valence-corrected chi connectivity index (χ3v) is 6.33. The largest absolute Gasteiger partial charge is 0.457 e. The summed E-state index contributed by atoms with van der Waals surface area (Å²) in [5.41, 5.74) is 3.92. The minimum Gasteiger partial charge on any atom is -0.457 e. The number of benzene rings is 3. The van der Waals surface area contributed by atoms with E-state index in [1.165, 1.54) is 5.01 Å². The van der Waals surface area contributed by atoms with E-state index in [0.717, 1.165) is 33.5 Å². The number of H-pyrrole nitrogens is 1. The molecular formula is C27H22N4O3. The second-order valence-corrected chi connectivity index (χ2v) is 8.50. The number of nitrogens with zero attached hydrogens (tertiary/aromatic N) is 3. The lowest BCUT2D eigenvalue weighted by Crippen LogP contribution is -2.60. The third-order valence-electron chi connectivity index (χ3n) is 6.33. The van der Waals surface area contributed by atoms with Crippen molar-refractivity contribution in [2.75, 3.05) is 6.54 Å². The Bertz CT molecular complexity index is 1430. The van der Waals surface area contributed by atoms with Gasteiger partial charge >= 0.3 is 0 Å². The van der Waals surface area contributed by atoms with Crippen molar-refractivity contribution >= 4 is 28.9 Å². The number of para-hydroxylation sites is 2. The van der Waals surface area contributed by atoms with Crippen LogP contribution in [0.15, 0.2) is 84.0 Å². The number of hydrogen-bond donors (Lipinski definition) is 1. The van der Waals surface area contributed by atoms with Gasteiger partial charge in [-0.05, 0) is 41.5 Å². The van der Waals surface area contributed by atoms with Gasteiger partial charge in [0.05, 0.1) is 12.8 Å². The Balaban J connectivity index is 1.22. The molecule has 7 nitrogen and oxygen atoms in total. The smallest absolute Gasteiger partial charge is 0.266 e. The van der Waals surface area contributed by atoms with Gasteiger partial charge in [0.1, 0.15) is 24.1 Å². The van der Waals surface area contributed by atoms with Crippen LogP contribution in [0.5, 0.6) is 11.5 Å². The van der Waals surface area contributed by atoms with Gasteiger partial charge in [0.2, 0.25) is 5.91 Å². The molecule has 1 N–H and O–H groups in total. The van der Waals surface area contributed by atoms with Crippen LogP contribution in [0.4, 0.5) is 0 Å². The van der Waals surface area contributed by atoms with Crippen molar-refractivity contribution in [2.24, 2.45) is 5.10 Å². The molecule has 34 heavy (non-hydrogen) atoms. The lowest BCUT2D eigenvalue weighted by atomic mass is 9.94. The summed E-state index contributed by atoms with van der Waals surface area (Å²) < 4.78 is 5.87. The quantitative estimate of drug-likeness (QED) is 0.476. The van der Waals surface area contributed by atoms with Crippen LogP contribution in [0.1, 0.15) is 16.8 Å². The van der Waals surface area contributed by atoms with E-state index in [1.54, 1.807) is 11.1 Å². The minimum absolute atomic E-state index is 0.0679. The van der Waals surface area contributed by atoms with Crippen LogP contribution in [0.25, 0.3) is 10.9 Å². The molecule has 3 heterocycles. The van der Waals surface area contributed by atoms with Crippen LogP contribution < -0.4 is 4.74 Å². The number of fused-ring (bicyclic) bond motifs is 4. The molecule has 1 fully saturated rings. The highest BCUT2D eigenvalue weighted by molar-refractivity contribution is 5.97. The fourth-order valence-electron chi connectivity index (χ4n) is 4.68. The number of nitrogens with one attached hydrogen (secondary N) is 1. The highest BCUT2D eigenvalue weighted by atomic mass is 16.5. The summed E-state index contributed by atoms with van der Waals surface area (Å²) >= 11 is 0. The SMILES string of the molecule is O=C1[C@H]2Cc3c([nH]c4ccccc34)CN2C(=O)CN1/N=C\c1cccc(Oc2ccccc2)c1. The Labute approximate surface area is 196 Å². The molecule has 2 amide bonds. The molecule has 0 saturated carbocycles. The fourth-order valence-corrected chi connectivity index (χ4v) is 4.68. The van der Waals surface area contributed by atoms with Gasteiger partial charge in [0, 0.05) is 23.0 Å². The van der Waals surface area contributed by atoms with Gasteiger partial charge in [-0.15, -0.1) is 0 Å². The zero-order chi connectivity index (χ0) is 23.1. The molecule has 7 heteroatoms. The summed E-state index contributed by atoms with van der Waals surface area (Å²) in [6.45, 7) is 0.345. The molecule has 4 aromatic rings. The van der Waals surface area contributed by atoms with Crippen LogP contribution >= 0.6 is 0 Å². The van der Waals surface area contributed by atoms with Crippen LogP contribution in [-0.2, 0) is 22.6 Å². The summed E-state index contributed by atoms with van der Waals surface area (Å²) in [5.74, 6) is 1.14. The topological polar surface area (TPSA) is 78.0 Å². The number of ether oxygens (including phenoxy) is 1. The molecule has 0 unspecified atom stereocenters. The van der Waals surface area contributed by atoms with Crippen LogP contribution in [-0.4, -0.2) is 45.5 Å². The first kappa shape index (κ1) is 20.2. The van der Waals surface area contributed by atoms with Gasteiger partial charge < -0.3 is 14.6 Å².